The Kier molecular flexibility index (Phi) is 3.59. The highest BCUT2D eigenvalue weighted by molar-refractivity contribution is 7.27. The van der Waals surface area contributed by atoms with Gasteiger partial charge in [-0.3, -0.25) is 0 Å². The second kappa shape index (κ2) is 5.63. The molecular weight excluding hydrogens is 316 g/mol. The third-order valence-corrected chi connectivity index (χ3v) is 6.38. The lowest BCUT2D eigenvalue weighted by Crippen LogP contribution is -1.70. The van der Waals surface area contributed by atoms with Gasteiger partial charge in [-0.2, -0.15) is 0 Å². The molecule has 0 unspecified atom stereocenters. The van der Waals surface area contributed by atoms with E-state index in [4.69, 9.17) is 0 Å². The van der Waals surface area contributed by atoms with E-state index in [1.165, 1.54) is 45.9 Å². The Morgan fingerprint density at radius 2 is 1.13 bits per heavy atom. The van der Waals surface area contributed by atoms with E-state index in [2.05, 4.69) is 61.5 Å². The highest BCUT2D eigenvalue weighted by atomic mass is 32.1. The van der Waals surface area contributed by atoms with E-state index >= 15 is 0 Å². The van der Waals surface area contributed by atoms with Crippen molar-refractivity contribution in [2.24, 2.45) is 0 Å². The van der Waals surface area contributed by atoms with Gasteiger partial charge in [0.2, 0.25) is 0 Å². The first-order chi connectivity index (χ1) is 11.3. The molecule has 0 radical (unpaired) electrons. The van der Waals surface area contributed by atoms with Crippen molar-refractivity contribution < 1.29 is 0 Å². The summed E-state index contributed by atoms with van der Waals surface area (Å²) in [6.07, 6.45) is 0. The molecule has 2 heteroatoms. The largest absolute Gasteiger partial charge is 0.135 e. The highest BCUT2D eigenvalue weighted by Gasteiger charge is 2.10. The highest BCUT2D eigenvalue weighted by Crippen LogP contribution is 2.41. The summed E-state index contributed by atoms with van der Waals surface area (Å²) in [4.78, 5) is 0. The van der Waals surface area contributed by atoms with Gasteiger partial charge in [0.1, 0.15) is 0 Å². The van der Waals surface area contributed by atoms with Crippen LogP contribution in [-0.2, 0) is 0 Å². The Balaban J connectivity index is 0.000000652. The third kappa shape index (κ3) is 2.25. The van der Waals surface area contributed by atoms with Crippen LogP contribution in [0.1, 0.15) is 19.4 Å². The summed E-state index contributed by atoms with van der Waals surface area (Å²) in [6.45, 7) is 6.16. The third-order valence-electron chi connectivity index (χ3n) is 4.13. The van der Waals surface area contributed by atoms with E-state index in [9.17, 15) is 0 Å². The van der Waals surface area contributed by atoms with Crippen LogP contribution >= 0.6 is 22.7 Å². The second-order valence-electron chi connectivity index (χ2n) is 5.54. The number of hydrogen-bond acceptors (Lipinski definition) is 2. The molecule has 0 aliphatic heterocycles. The Hall–Kier alpha value is -1.90. The van der Waals surface area contributed by atoms with Crippen molar-refractivity contribution in [1.29, 1.82) is 0 Å². The lowest BCUT2D eigenvalue weighted by atomic mass is 10.1. The summed E-state index contributed by atoms with van der Waals surface area (Å²) in [5.74, 6) is 0. The fourth-order valence-electron chi connectivity index (χ4n) is 3.10. The summed E-state index contributed by atoms with van der Waals surface area (Å²) < 4.78 is 5.56. The molecule has 0 N–H and O–H groups in total. The molecule has 0 aliphatic rings. The SMILES string of the molecule is CC.Cc1ccc2c(c1)sc1cc3c(cc12)sc1ccccc13. The minimum atomic E-state index is 1.33. The van der Waals surface area contributed by atoms with Gasteiger partial charge in [0.05, 0.1) is 0 Å². The number of hydrogen-bond donors (Lipinski definition) is 0. The first-order valence-electron chi connectivity index (χ1n) is 8.04. The van der Waals surface area contributed by atoms with Gasteiger partial charge >= 0.3 is 0 Å². The molecule has 2 aromatic heterocycles. The summed E-state index contributed by atoms with van der Waals surface area (Å²) in [7, 11) is 0. The van der Waals surface area contributed by atoms with Crippen LogP contribution in [0.25, 0.3) is 40.3 Å². The molecule has 0 atom stereocenters. The first kappa shape index (κ1) is 14.7. The van der Waals surface area contributed by atoms with Gasteiger partial charge in [0.15, 0.2) is 0 Å². The van der Waals surface area contributed by atoms with Gasteiger partial charge < -0.3 is 0 Å². The molecule has 5 rings (SSSR count). The molecule has 5 aromatic rings. The number of benzene rings is 3. The zero-order valence-electron chi connectivity index (χ0n) is 13.5. The summed E-state index contributed by atoms with van der Waals surface area (Å²) in [5, 5.41) is 5.56. The van der Waals surface area contributed by atoms with Crippen molar-refractivity contribution in [2.45, 2.75) is 20.8 Å². The predicted molar refractivity (Wildman–Crippen MR) is 108 cm³/mol. The smallest absolute Gasteiger partial charge is 0.0362 e. The van der Waals surface area contributed by atoms with Gasteiger partial charge in [-0.1, -0.05) is 44.2 Å². The van der Waals surface area contributed by atoms with Gasteiger partial charge in [-0.15, -0.1) is 22.7 Å². The molecule has 0 saturated heterocycles. The number of aryl methyl sites for hydroxylation is 1. The summed E-state index contributed by atoms with van der Waals surface area (Å²) in [6, 6.07) is 20.2. The molecule has 3 aromatic carbocycles. The number of fused-ring (bicyclic) bond motifs is 6. The average molecular weight is 335 g/mol. The molecule has 0 aliphatic carbocycles. The maximum atomic E-state index is 2.38. The Morgan fingerprint density at radius 1 is 0.565 bits per heavy atom. The van der Waals surface area contributed by atoms with Crippen molar-refractivity contribution in [1.82, 2.24) is 0 Å². The number of rotatable bonds is 0. The van der Waals surface area contributed by atoms with E-state index in [0.717, 1.165) is 0 Å². The van der Waals surface area contributed by atoms with Crippen LogP contribution in [0.4, 0.5) is 0 Å². The average Bonchev–Trinajstić information content (AvgIpc) is 3.11. The molecule has 2 heterocycles. The lowest BCUT2D eigenvalue weighted by molar-refractivity contribution is 1.50. The molecule has 0 fully saturated rings. The minimum absolute atomic E-state index is 1.33. The molecule has 23 heavy (non-hydrogen) atoms. The van der Waals surface area contributed by atoms with E-state index in [-0.39, 0.29) is 0 Å². The van der Waals surface area contributed by atoms with E-state index < -0.39 is 0 Å². The van der Waals surface area contributed by atoms with Gasteiger partial charge in [-0.05, 0) is 36.8 Å². The van der Waals surface area contributed by atoms with Crippen molar-refractivity contribution in [2.75, 3.05) is 0 Å². The summed E-state index contributed by atoms with van der Waals surface area (Å²) in [5.41, 5.74) is 1.33. The quantitative estimate of drug-likeness (QED) is 0.271. The molecule has 0 amide bonds. The van der Waals surface area contributed by atoms with Crippen molar-refractivity contribution in [3.63, 3.8) is 0 Å². The molecule has 114 valence electrons. The second-order valence-corrected chi connectivity index (χ2v) is 7.71. The maximum Gasteiger partial charge on any atom is 0.0362 e. The van der Waals surface area contributed by atoms with E-state index in [1.54, 1.807) is 0 Å². The van der Waals surface area contributed by atoms with Crippen LogP contribution in [0, 0.1) is 6.92 Å². The zero-order valence-corrected chi connectivity index (χ0v) is 15.1. The zero-order chi connectivity index (χ0) is 16.0. The van der Waals surface area contributed by atoms with Crippen LogP contribution in [0.2, 0.25) is 0 Å². The van der Waals surface area contributed by atoms with Crippen LogP contribution in [0.15, 0.2) is 54.6 Å². The van der Waals surface area contributed by atoms with Crippen LogP contribution in [-0.4, -0.2) is 0 Å². The predicted octanol–water partition coefficient (Wildman–Crippen LogP) is 7.76. The van der Waals surface area contributed by atoms with Gasteiger partial charge in [-0.25, -0.2) is 0 Å². The molecule has 0 nitrogen and oxygen atoms in total. The molecule has 0 bridgehead atoms. The van der Waals surface area contributed by atoms with Crippen LogP contribution in [0.3, 0.4) is 0 Å². The van der Waals surface area contributed by atoms with E-state index in [1.807, 2.05) is 36.5 Å². The minimum Gasteiger partial charge on any atom is -0.135 e. The Morgan fingerprint density at radius 3 is 1.87 bits per heavy atom. The Labute approximate surface area is 144 Å². The molecule has 0 saturated carbocycles. The van der Waals surface area contributed by atoms with Crippen molar-refractivity contribution in [3.8, 4) is 0 Å². The number of thiophene rings is 2. The molecular formula is C21H18S2. The molecule has 0 spiro atoms. The maximum absolute atomic E-state index is 2.38. The summed E-state index contributed by atoms with van der Waals surface area (Å²) >= 11 is 3.80. The topological polar surface area (TPSA) is 0 Å². The van der Waals surface area contributed by atoms with Crippen LogP contribution < -0.4 is 0 Å². The van der Waals surface area contributed by atoms with Crippen molar-refractivity contribution >= 4 is 63.0 Å². The monoisotopic (exact) mass is 334 g/mol. The fourth-order valence-corrected chi connectivity index (χ4v) is 5.45. The fraction of sp³-hybridized carbons (Fsp3) is 0.143. The standard InChI is InChI=1S/C19H12S2.C2H6/c1-11-6-7-13-15-10-18-14(9-19(15)21-17(13)8-11)12-4-2-3-5-16(12)20-18;1-2/h2-10H,1H3;1-2H3. The van der Waals surface area contributed by atoms with E-state index in [0.29, 0.717) is 0 Å². The Bertz CT molecular complexity index is 1140. The van der Waals surface area contributed by atoms with Crippen molar-refractivity contribution in [3.05, 3.63) is 60.2 Å². The first-order valence-corrected chi connectivity index (χ1v) is 9.67. The normalized spacial score (nSPS) is 11.3. The van der Waals surface area contributed by atoms with Crippen LogP contribution in [0.5, 0.6) is 0 Å². The van der Waals surface area contributed by atoms with Gasteiger partial charge in [0, 0.05) is 40.3 Å². The van der Waals surface area contributed by atoms with Gasteiger partial charge in [0.25, 0.3) is 0 Å². The lowest BCUT2D eigenvalue weighted by Gasteiger charge is -1.94.